The van der Waals surface area contributed by atoms with E-state index in [2.05, 4.69) is 39.1 Å². The third kappa shape index (κ3) is 3.07. The van der Waals surface area contributed by atoms with Crippen LogP contribution in [0.15, 0.2) is 48.8 Å². The van der Waals surface area contributed by atoms with Crippen LogP contribution in [0.25, 0.3) is 22.2 Å². The van der Waals surface area contributed by atoms with E-state index in [9.17, 15) is 8.42 Å². The SMILES string of the molecule is O=S1(=O)CCN(Cc2ccc(-c3ccnc4[nH]ccc34)cc2)CC1. The minimum Gasteiger partial charge on any atom is -0.346 e. The molecule has 0 amide bonds. The zero-order valence-electron chi connectivity index (χ0n) is 13.3. The average Bonchev–Trinajstić information content (AvgIpc) is 3.06. The third-order valence-corrected chi connectivity index (χ3v) is 6.18. The van der Waals surface area contributed by atoms with E-state index >= 15 is 0 Å². The number of nitrogens with one attached hydrogen (secondary N) is 1. The van der Waals surface area contributed by atoms with Crippen molar-refractivity contribution in [1.82, 2.24) is 14.9 Å². The number of aromatic nitrogens is 2. The molecule has 3 heterocycles. The summed E-state index contributed by atoms with van der Waals surface area (Å²) in [6, 6.07) is 12.6. The number of hydrogen-bond donors (Lipinski definition) is 1. The minimum atomic E-state index is -2.82. The number of sulfone groups is 1. The van der Waals surface area contributed by atoms with Crippen LogP contribution in [0.4, 0.5) is 0 Å². The number of hydrogen-bond acceptors (Lipinski definition) is 4. The van der Waals surface area contributed by atoms with E-state index in [-0.39, 0.29) is 11.5 Å². The van der Waals surface area contributed by atoms with E-state index in [4.69, 9.17) is 0 Å². The second kappa shape index (κ2) is 6.03. The highest BCUT2D eigenvalue weighted by molar-refractivity contribution is 7.91. The molecule has 24 heavy (non-hydrogen) atoms. The van der Waals surface area contributed by atoms with Gasteiger partial charge in [-0.1, -0.05) is 24.3 Å². The number of nitrogens with zero attached hydrogens (tertiary/aromatic N) is 2. The first-order chi connectivity index (χ1) is 11.6. The Labute approximate surface area is 141 Å². The molecule has 1 N–H and O–H groups in total. The summed E-state index contributed by atoms with van der Waals surface area (Å²) in [6.07, 6.45) is 3.72. The standard InChI is InChI=1S/C18H19N3O2S/c22-24(23)11-9-21(10-12-24)13-14-1-3-15(4-2-14)16-5-7-19-18-17(16)6-8-20-18/h1-8H,9-13H2,(H,19,20). The fraction of sp³-hybridized carbons (Fsp3) is 0.278. The van der Waals surface area contributed by atoms with Crippen molar-refractivity contribution in [2.24, 2.45) is 0 Å². The molecule has 2 aromatic heterocycles. The zero-order valence-corrected chi connectivity index (χ0v) is 14.1. The van der Waals surface area contributed by atoms with Gasteiger partial charge in [0.15, 0.2) is 9.84 Å². The van der Waals surface area contributed by atoms with Crippen molar-refractivity contribution in [1.29, 1.82) is 0 Å². The number of H-pyrrole nitrogens is 1. The molecule has 0 saturated carbocycles. The predicted molar refractivity (Wildman–Crippen MR) is 95.5 cm³/mol. The topological polar surface area (TPSA) is 66.1 Å². The van der Waals surface area contributed by atoms with E-state index in [1.54, 1.807) is 0 Å². The largest absolute Gasteiger partial charge is 0.346 e. The molecule has 1 aliphatic heterocycles. The molecule has 124 valence electrons. The second-order valence-electron chi connectivity index (χ2n) is 6.22. The Morgan fingerprint density at radius 3 is 2.54 bits per heavy atom. The van der Waals surface area contributed by atoms with Crippen LogP contribution in [0, 0.1) is 0 Å². The molecule has 1 aromatic carbocycles. The fourth-order valence-electron chi connectivity index (χ4n) is 3.17. The molecule has 0 spiro atoms. The van der Waals surface area contributed by atoms with Gasteiger partial charge >= 0.3 is 0 Å². The van der Waals surface area contributed by atoms with Gasteiger partial charge in [-0.3, -0.25) is 4.90 Å². The Kier molecular flexibility index (Phi) is 3.86. The van der Waals surface area contributed by atoms with Gasteiger partial charge in [0, 0.05) is 37.4 Å². The second-order valence-corrected chi connectivity index (χ2v) is 8.53. The number of pyridine rings is 1. The van der Waals surface area contributed by atoms with Crippen LogP contribution in [-0.2, 0) is 16.4 Å². The predicted octanol–water partition coefficient (Wildman–Crippen LogP) is 2.46. The van der Waals surface area contributed by atoms with E-state index in [0.29, 0.717) is 13.1 Å². The van der Waals surface area contributed by atoms with E-state index < -0.39 is 9.84 Å². The summed E-state index contributed by atoms with van der Waals surface area (Å²) in [7, 11) is -2.82. The van der Waals surface area contributed by atoms with Crippen LogP contribution in [0.3, 0.4) is 0 Å². The van der Waals surface area contributed by atoms with E-state index in [0.717, 1.165) is 28.7 Å². The lowest BCUT2D eigenvalue weighted by atomic mass is 10.0. The Morgan fingerprint density at radius 2 is 1.79 bits per heavy atom. The maximum atomic E-state index is 11.5. The lowest BCUT2D eigenvalue weighted by Gasteiger charge is -2.26. The van der Waals surface area contributed by atoms with Gasteiger partial charge in [0.25, 0.3) is 0 Å². The summed E-state index contributed by atoms with van der Waals surface area (Å²) in [4.78, 5) is 9.66. The monoisotopic (exact) mass is 341 g/mol. The smallest absolute Gasteiger partial charge is 0.152 e. The lowest BCUT2D eigenvalue weighted by molar-refractivity contribution is 0.287. The van der Waals surface area contributed by atoms with Crippen molar-refractivity contribution in [3.8, 4) is 11.1 Å². The maximum absolute atomic E-state index is 11.5. The lowest BCUT2D eigenvalue weighted by Crippen LogP contribution is -2.39. The summed E-state index contributed by atoms with van der Waals surface area (Å²) >= 11 is 0. The highest BCUT2D eigenvalue weighted by Crippen LogP contribution is 2.27. The molecule has 1 aliphatic rings. The van der Waals surface area contributed by atoms with Crippen molar-refractivity contribution >= 4 is 20.9 Å². The van der Waals surface area contributed by atoms with Crippen LogP contribution in [0.5, 0.6) is 0 Å². The molecule has 0 aliphatic carbocycles. The molecule has 4 rings (SSSR count). The molecule has 0 unspecified atom stereocenters. The summed E-state index contributed by atoms with van der Waals surface area (Å²) in [6.45, 7) is 2.04. The van der Waals surface area contributed by atoms with Gasteiger partial charge in [-0.2, -0.15) is 0 Å². The molecular formula is C18H19N3O2S. The van der Waals surface area contributed by atoms with Gasteiger partial charge < -0.3 is 4.98 Å². The first kappa shape index (κ1) is 15.4. The van der Waals surface area contributed by atoms with Crippen molar-refractivity contribution in [3.63, 3.8) is 0 Å². The van der Waals surface area contributed by atoms with Crippen LogP contribution in [0.2, 0.25) is 0 Å². The first-order valence-corrected chi connectivity index (χ1v) is 9.87. The third-order valence-electron chi connectivity index (χ3n) is 4.57. The van der Waals surface area contributed by atoms with Crippen LogP contribution in [0.1, 0.15) is 5.56 Å². The van der Waals surface area contributed by atoms with E-state index in [1.807, 2.05) is 24.5 Å². The minimum absolute atomic E-state index is 0.271. The molecule has 0 atom stereocenters. The van der Waals surface area contributed by atoms with Crippen LogP contribution >= 0.6 is 0 Å². The van der Waals surface area contributed by atoms with Crippen molar-refractivity contribution < 1.29 is 8.42 Å². The van der Waals surface area contributed by atoms with Gasteiger partial charge in [-0.25, -0.2) is 13.4 Å². The number of fused-ring (bicyclic) bond motifs is 1. The maximum Gasteiger partial charge on any atom is 0.152 e. The quantitative estimate of drug-likeness (QED) is 0.795. The van der Waals surface area contributed by atoms with E-state index in [1.165, 1.54) is 5.56 Å². The molecular weight excluding hydrogens is 322 g/mol. The van der Waals surface area contributed by atoms with Gasteiger partial charge in [-0.15, -0.1) is 0 Å². The molecule has 6 heteroatoms. The Balaban J connectivity index is 1.52. The van der Waals surface area contributed by atoms with Gasteiger partial charge in [-0.05, 0) is 28.8 Å². The molecule has 0 bridgehead atoms. The highest BCUT2D eigenvalue weighted by atomic mass is 32.2. The molecule has 5 nitrogen and oxygen atoms in total. The summed E-state index contributed by atoms with van der Waals surface area (Å²) < 4.78 is 23.0. The van der Waals surface area contributed by atoms with Gasteiger partial charge in [0.1, 0.15) is 5.65 Å². The highest BCUT2D eigenvalue weighted by Gasteiger charge is 2.21. The summed E-state index contributed by atoms with van der Waals surface area (Å²) in [5, 5.41) is 1.12. The normalized spacial score (nSPS) is 18.0. The average molecular weight is 341 g/mol. The Hall–Kier alpha value is -2.18. The molecule has 1 saturated heterocycles. The van der Waals surface area contributed by atoms with Crippen molar-refractivity contribution in [3.05, 3.63) is 54.4 Å². The number of benzene rings is 1. The van der Waals surface area contributed by atoms with Crippen molar-refractivity contribution in [2.45, 2.75) is 6.54 Å². The fourth-order valence-corrected chi connectivity index (χ4v) is 4.45. The number of aromatic amines is 1. The number of rotatable bonds is 3. The molecule has 0 radical (unpaired) electrons. The summed E-state index contributed by atoms with van der Waals surface area (Å²) in [5.74, 6) is 0.543. The zero-order chi connectivity index (χ0) is 16.6. The Bertz CT molecular complexity index is 947. The molecule has 3 aromatic rings. The van der Waals surface area contributed by atoms with Gasteiger partial charge in [0.05, 0.1) is 11.5 Å². The first-order valence-electron chi connectivity index (χ1n) is 8.05. The van der Waals surface area contributed by atoms with Crippen LogP contribution < -0.4 is 0 Å². The summed E-state index contributed by atoms with van der Waals surface area (Å²) in [5.41, 5.74) is 4.42. The molecule has 1 fully saturated rings. The van der Waals surface area contributed by atoms with Crippen LogP contribution in [-0.4, -0.2) is 47.9 Å². The van der Waals surface area contributed by atoms with Crippen molar-refractivity contribution in [2.75, 3.05) is 24.6 Å². The Morgan fingerprint density at radius 1 is 1.04 bits per heavy atom. The van der Waals surface area contributed by atoms with Gasteiger partial charge in [0.2, 0.25) is 0 Å².